The molecule has 26 heavy (non-hydrogen) atoms. The van der Waals surface area contributed by atoms with Gasteiger partial charge in [0.15, 0.2) is 11.5 Å². The summed E-state index contributed by atoms with van der Waals surface area (Å²) in [6.07, 6.45) is 5.23. The number of likely N-dealkylation sites (tertiary alicyclic amines) is 2. The second kappa shape index (κ2) is 5.59. The Hall–Kier alpha value is -2.83. The Morgan fingerprint density at radius 2 is 1.62 bits per heavy atom. The lowest BCUT2D eigenvalue weighted by molar-refractivity contribution is -0.145. The quantitative estimate of drug-likeness (QED) is 0.589. The molecule has 0 saturated carbocycles. The number of ether oxygens (including phenoxy) is 2. The first kappa shape index (κ1) is 15.4. The zero-order valence-corrected chi connectivity index (χ0v) is 14.1. The molecule has 2 atom stereocenters. The van der Waals surface area contributed by atoms with Crippen LogP contribution in [0.1, 0.15) is 23.2 Å². The van der Waals surface area contributed by atoms with Crippen molar-refractivity contribution in [2.75, 3.05) is 19.9 Å². The van der Waals surface area contributed by atoms with Gasteiger partial charge in [0.05, 0.1) is 17.9 Å². The van der Waals surface area contributed by atoms with Gasteiger partial charge in [-0.2, -0.15) is 0 Å². The molecule has 1 aromatic carbocycles. The second-order valence-corrected chi connectivity index (χ2v) is 7.13. The van der Waals surface area contributed by atoms with Crippen LogP contribution in [0.5, 0.6) is 11.5 Å². The summed E-state index contributed by atoms with van der Waals surface area (Å²) in [7, 11) is 0. The zero-order chi connectivity index (χ0) is 17.8. The van der Waals surface area contributed by atoms with Gasteiger partial charge in [-0.05, 0) is 31.0 Å². The van der Waals surface area contributed by atoms with Crippen molar-refractivity contribution in [3.63, 3.8) is 0 Å². The van der Waals surface area contributed by atoms with Crippen molar-refractivity contribution >= 4 is 17.7 Å². The summed E-state index contributed by atoms with van der Waals surface area (Å²) in [5, 5.41) is 0. The molecule has 2 fully saturated rings. The third-order valence-electron chi connectivity index (χ3n) is 5.68. The average molecular weight is 354 g/mol. The van der Waals surface area contributed by atoms with Crippen LogP contribution in [-0.4, -0.2) is 53.4 Å². The second-order valence-electron chi connectivity index (χ2n) is 7.13. The highest BCUT2D eigenvalue weighted by Gasteiger charge is 2.52. The number of imide groups is 1. The number of carbonyl (C=O) groups excluding carboxylic acids is 3. The van der Waals surface area contributed by atoms with E-state index in [1.807, 2.05) is 12.2 Å². The summed E-state index contributed by atoms with van der Waals surface area (Å²) in [5.41, 5.74) is 0.518. The summed E-state index contributed by atoms with van der Waals surface area (Å²) in [4.78, 5) is 40.9. The first-order valence-electron chi connectivity index (χ1n) is 8.84. The van der Waals surface area contributed by atoms with Gasteiger partial charge in [0.2, 0.25) is 18.6 Å². The van der Waals surface area contributed by atoms with Crippen LogP contribution in [0.4, 0.5) is 0 Å². The van der Waals surface area contributed by atoms with E-state index in [1.165, 1.54) is 4.90 Å². The van der Waals surface area contributed by atoms with Gasteiger partial charge in [-0.25, -0.2) is 0 Å². The average Bonchev–Trinajstić information content (AvgIpc) is 3.18. The Kier molecular flexibility index (Phi) is 3.32. The molecule has 7 nitrogen and oxygen atoms in total. The highest BCUT2D eigenvalue weighted by molar-refractivity contribution is 6.06. The number of amides is 3. The van der Waals surface area contributed by atoms with E-state index < -0.39 is 0 Å². The Morgan fingerprint density at radius 1 is 0.962 bits per heavy atom. The fourth-order valence-electron chi connectivity index (χ4n) is 4.18. The monoisotopic (exact) mass is 354 g/mol. The molecule has 1 aromatic rings. The van der Waals surface area contributed by atoms with E-state index in [4.69, 9.17) is 9.47 Å². The highest BCUT2D eigenvalue weighted by Crippen LogP contribution is 2.38. The van der Waals surface area contributed by atoms with Crippen molar-refractivity contribution in [1.82, 2.24) is 9.80 Å². The van der Waals surface area contributed by atoms with E-state index in [-0.39, 0.29) is 42.4 Å². The molecule has 134 valence electrons. The fourth-order valence-corrected chi connectivity index (χ4v) is 4.18. The van der Waals surface area contributed by atoms with E-state index >= 15 is 0 Å². The minimum atomic E-state index is -0.217. The van der Waals surface area contributed by atoms with Gasteiger partial charge in [-0.15, -0.1) is 0 Å². The van der Waals surface area contributed by atoms with Crippen molar-refractivity contribution in [2.45, 2.75) is 18.9 Å². The summed E-state index contributed by atoms with van der Waals surface area (Å²) in [6.45, 7) is 0.935. The molecule has 3 aliphatic heterocycles. The topological polar surface area (TPSA) is 76.2 Å². The largest absolute Gasteiger partial charge is 0.454 e. The molecule has 5 rings (SSSR count). The maximum absolute atomic E-state index is 12.6. The Balaban J connectivity index is 1.27. The van der Waals surface area contributed by atoms with Gasteiger partial charge in [0.25, 0.3) is 5.91 Å². The number of fused-ring (bicyclic) bond motifs is 2. The van der Waals surface area contributed by atoms with E-state index in [0.717, 1.165) is 0 Å². The molecule has 1 aliphatic carbocycles. The van der Waals surface area contributed by atoms with Crippen LogP contribution >= 0.6 is 0 Å². The maximum atomic E-state index is 12.6. The van der Waals surface area contributed by atoms with Gasteiger partial charge in [0.1, 0.15) is 0 Å². The molecular weight excluding hydrogens is 336 g/mol. The normalized spacial score (nSPS) is 26.9. The molecule has 7 heteroatoms. The van der Waals surface area contributed by atoms with Crippen LogP contribution in [0.2, 0.25) is 0 Å². The fraction of sp³-hybridized carbons (Fsp3) is 0.421. The summed E-state index contributed by atoms with van der Waals surface area (Å²) < 4.78 is 10.6. The molecule has 3 amide bonds. The summed E-state index contributed by atoms with van der Waals surface area (Å²) >= 11 is 0. The van der Waals surface area contributed by atoms with Gasteiger partial charge in [0, 0.05) is 18.7 Å². The lowest BCUT2D eigenvalue weighted by atomic mass is 9.85. The summed E-state index contributed by atoms with van der Waals surface area (Å²) in [5.74, 6) is 0.478. The van der Waals surface area contributed by atoms with E-state index in [9.17, 15) is 14.4 Å². The Morgan fingerprint density at radius 3 is 2.31 bits per heavy atom. The summed E-state index contributed by atoms with van der Waals surface area (Å²) in [6, 6.07) is 4.89. The van der Waals surface area contributed by atoms with Gasteiger partial charge in [-0.1, -0.05) is 12.2 Å². The number of hydrogen-bond acceptors (Lipinski definition) is 5. The molecular formula is C19H18N2O5. The van der Waals surface area contributed by atoms with Crippen LogP contribution in [0, 0.1) is 11.8 Å². The standard InChI is InChI=1S/C19H18N2O5/c22-17(11-5-6-15-16(7-11)26-10-25-15)20-8-12(9-20)21-18(23)13-3-1-2-4-14(13)19(21)24/h1-2,5-7,12-14H,3-4,8-10H2/t13-,14-/m1/s1. The Labute approximate surface area is 150 Å². The molecule has 0 radical (unpaired) electrons. The predicted octanol–water partition coefficient (Wildman–Crippen LogP) is 1.19. The first-order valence-corrected chi connectivity index (χ1v) is 8.84. The maximum Gasteiger partial charge on any atom is 0.254 e. The SMILES string of the molecule is O=C(c1ccc2c(c1)OCO2)N1CC(N2C(=O)[C@@H]3CC=CC[C@H]3C2=O)C1. The molecule has 4 aliphatic rings. The van der Waals surface area contributed by atoms with E-state index in [0.29, 0.717) is 43.0 Å². The van der Waals surface area contributed by atoms with Crippen molar-refractivity contribution in [3.8, 4) is 11.5 Å². The number of nitrogens with zero attached hydrogens (tertiary/aromatic N) is 2. The van der Waals surface area contributed by atoms with Crippen molar-refractivity contribution in [1.29, 1.82) is 0 Å². The highest BCUT2D eigenvalue weighted by atomic mass is 16.7. The molecule has 0 unspecified atom stereocenters. The molecule has 3 heterocycles. The number of allylic oxidation sites excluding steroid dienone is 2. The number of hydrogen-bond donors (Lipinski definition) is 0. The van der Waals surface area contributed by atoms with Crippen LogP contribution in [0.15, 0.2) is 30.4 Å². The van der Waals surface area contributed by atoms with Crippen LogP contribution in [0.3, 0.4) is 0 Å². The van der Waals surface area contributed by atoms with Crippen LogP contribution < -0.4 is 9.47 Å². The van der Waals surface area contributed by atoms with E-state index in [1.54, 1.807) is 23.1 Å². The predicted molar refractivity (Wildman–Crippen MR) is 89.5 cm³/mol. The van der Waals surface area contributed by atoms with Gasteiger partial charge < -0.3 is 14.4 Å². The van der Waals surface area contributed by atoms with Gasteiger partial charge >= 0.3 is 0 Å². The third-order valence-corrected chi connectivity index (χ3v) is 5.68. The molecule has 0 spiro atoms. The number of rotatable bonds is 2. The van der Waals surface area contributed by atoms with Crippen LogP contribution in [-0.2, 0) is 9.59 Å². The van der Waals surface area contributed by atoms with Crippen LogP contribution in [0.25, 0.3) is 0 Å². The lowest BCUT2D eigenvalue weighted by Gasteiger charge is -2.43. The number of benzene rings is 1. The van der Waals surface area contributed by atoms with Gasteiger partial charge in [-0.3, -0.25) is 19.3 Å². The minimum Gasteiger partial charge on any atom is -0.454 e. The molecule has 0 bridgehead atoms. The third kappa shape index (κ3) is 2.16. The minimum absolute atomic E-state index is 0.0791. The zero-order valence-electron chi connectivity index (χ0n) is 14.1. The van der Waals surface area contributed by atoms with E-state index in [2.05, 4.69) is 0 Å². The Bertz CT molecular complexity index is 816. The van der Waals surface area contributed by atoms with Crippen molar-refractivity contribution < 1.29 is 23.9 Å². The number of carbonyl (C=O) groups is 3. The molecule has 0 aromatic heterocycles. The smallest absolute Gasteiger partial charge is 0.254 e. The van der Waals surface area contributed by atoms with Crippen molar-refractivity contribution in [2.24, 2.45) is 11.8 Å². The molecule has 0 N–H and O–H groups in total. The first-order chi connectivity index (χ1) is 12.6. The van der Waals surface area contributed by atoms with Crippen molar-refractivity contribution in [3.05, 3.63) is 35.9 Å². The molecule has 2 saturated heterocycles. The lowest BCUT2D eigenvalue weighted by Crippen LogP contribution is -2.62.